The number of benzene rings is 1. The van der Waals surface area contributed by atoms with E-state index in [0.29, 0.717) is 0 Å². The van der Waals surface area contributed by atoms with Crippen LogP contribution in [0.4, 0.5) is 0 Å². The maximum Gasteiger partial charge on any atom is 0.122 e. The molecule has 0 atom stereocenters. The quantitative estimate of drug-likeness (QED) is 0.728. The maximum atomic E-state index is 8.74. The predicted octanol–water partition coefficient (Wildman–Crippen LogP) is 2.57. The topological polar surface area (TPSA) is 29.5 Å². The number of aliphatic hydroxyl groups is 1. The van der Waals surface area contributed by atoms with Gasteiger partial charge in [-0.05, 0) is 42.9 Å². The number of ether oxygens (including phenoxy) is 1. The molecule has 15 heavy (non-hydrogen) atoms. The molecule has 2 heteroatoms. The van der Waals surface area contributed by atoms with Crippen molar-refractivity contribution in [3.63, 3.8) is 0 Å². The van der Waals surface area contributed by atoms with Crippen LogP contribution in [0.1, 0.15) is 30.9 Å². The van der Waals surface area contributed by atoms with Crippen LogP contribution in [0.5, 0.6) is 5.75 Å². The van der Waals surface area contributed by atoms with Gasteiger partial charge < -0.3 is 9.84 Å². The molecule has 0 radical (unpaired) electrons. The van der Waals surface area contributed by atoms with Gasteiger partial charge >= 0.3 is 0 Å². The molecule has 0 saturated carbocycles. The zero-order valence-electron chi connectivity index (χ0n) is 9.62. The van der Waals surface area contributed by atoms with E-state index in [0.717, 1.165) is 31.4 Å². The number of rotatable bonds is 6. The fourth-order valence-electron chi connectivity index (χ4n) is 1.67. The first-order valence-corrected chi connectivity index (χ1v) is 5.58. The number of hydrogen-bond donors (Lipinski definition) is 1. The van der Waals surface area contributed by atoms with Crippen molar-refractivity contribution in [2.24, 2.45) is 0 Å². The Hall–Kier alpha value is -1.02. The first-order valence-electron chi connectivity index (χ1n) is 5.58. The van der Waals surface area contributed by atoms with Crippen LogP contribution in [-0.2, 0) is 12.8 Å². The van der Waals surface area contributed by atoms with Gasteiger partial charge in [0.2, 0.25) is 0 Å². The van der Waals surface area contributed by atoms with Gasteiger partial charge in [-0.3, -0.25) is 0 Å². The second-order valence-electron chi connectivity index (χ2n) is 3.68. The summed E-state index contributed by atoms with van der Waals surface area (Å²) in [5.74, 6) is 0.963. The van der Waals surface area contributed by atoms with Crippen molar-refractivity contribution in [1.82, 2.24) is 0 Å². The van der Waals surface area contributed by atoms with Gasteiger partial charge in [0.05, 0.1) is 7.11 Å². The summed E-state index contributed by atoms with van der Waals surface area (Å²) in [6, 6.07) is 6.34. The first kappa shape index (κ1) is 12.1. The highest BCUT2D eigenvalue weighted by atomic mass is 16.5. The lowest BCUT2D eigenvalue weighted by Gasteiger charge is -2.09. The summed E-state index contributed by atoms with van der Waals surface area (Å²) in [5.41, 5.74) is 2.60. The van der Waals surface area contributed by atoms with E-state index in [9.17, 15) is 0 Å². The van der Waals surface area contributed by atoms with E-state index in [4.69, 9.17) is 9.84 Å². The molecule has 0 fully saturated rings. The number of aryl methyl sites for hydroxylation is 2. The standard InChI is InChI=1S/C13H20O2/c1-3-11-7-8-13(15-2)12(10-11)6-4-5-9-14/h7-8,10,14H,3-6,9H2,1-2H3. The maximum absolute atomic E-state index is 8.74. The van der Waals surface area contributed by atoms with Gasteiger partial charge in [0.1, 0.15) is 5.75 Å². The molecule has 0 heterocycles. The summed E-state index contributed by atoms with van der Waals surface area (Å²) >= 11 is 0. The first-order chi connectivity index (χ1) is 7.31. The monoisotopic (exact) mass is 208 g/mol. The second-order valence-corrected chi connectivity index (χ2v) is 3.68. The highest BCUT2D eigenvalue weighted by molar-refractivity contribution is 5.37. The van der Waals surface area contributed by atoms with Crippen LogP contribution in [0.2, 0.25) is 0 Å². The van der Waals surface area contributed by atoms with Crippen LogP contribution in [0.25, 0.3) is 0 Å². The number of methoxy groups -OCH3 is 1. The molecule has 2 nitrogen and oxygen atoms in total. The highest BCUT2D eigenvalue weighted by Crippen LogP contribution is 2.22. The van der Waals surface area contributed by atoms with Crippen LogP contribution < -0.4 is 4.74 Å². The fourth-order valence-corrected chi connectivity index (χ4v) is 1.67. The minimum absolute atomic E-state index is 0.274. The Morgan fingerprint density at radius 3 is 2.67 bits per heavy atom. The Morgan fingerprint density at radius 1 is 1.27 bits per heavy atom. The van der Waals surface area contributed by atoms with Crippen molar-refractivity contribution < 1.29 is 9.84 Å². The summed E-state index contributed by atoms with van der Waals surface area (Å²) in [6.07, 6.45) is 3.91. The SMILES string of the molecule is CCc1ccc(OC)c(CCCCO)c1. The lowest BCUT2D eigenvalue weighted by molar-refractivity contribution is 0.284. The predicted molar refractivity (Wildman–Crippen MR) is 62.4 cm³/mol. The zero-order chi connectivity index (χ0) is 11.1. The van der Waals surface area contributed by atoms with Crippen molar-refractivity contribution in [2.75, 3.05) is 13.7 Å². The van der Waals surface area contributed by atoms with E-state index < -0.39 is 0 Å². The van der Waals surface area contributed by atoms with E-state index in [1.54, 1.807) is 7.11 Å². The Balaban J connectivity index is 2.72. The molecule has 0 amide bonds. The van der Waals surface area contributed by atoms with Gasteiger partial charge in [-0.2, -0.15) is 0 Å². The van der Waals surface area contributed by atoms with E-state index in [2.05, 4.69) is 19.1 Å². The van der Waals surface area contributed by atoms with E-state index >= 15 is 0 Å². The summed E-state index contributed by atoms with van der Waals surface area (Å²) in [6.45, 7) is 2.43. The third-order valence-electron chi connectivity index (χ3n) is 2.61. The Kier molecular flexibility index (Phi) is 5.19. The molecule has 0 aliphatic heterocycles. The molecule has 0 bridgehead atoms. The Labute approximate surface area is 91.9 Å². The summed E-state index contributed by atoms with van der Waals surface area (Å²) in [7, 11) is 1.70. The lowest BCUT2D eigenvalue weighted by Crippen LogP contribution is -1.95. The van der Waals surface area contributed by atoms with Crippen molar-refractivity contribution in [2.45, 2.75) is 32.6 Å². The summed E-state index contributed by atoms with van der Waals surface area (Å²) in [5, 5.41) is 8.74. The summed E-state index contributed by atoms with van der Waals surface area (Å²) < 4.78 is 5.31. The van der Waals surface area contributed by atoms with Gasteiger partial charge in [0, 0.05) is 6.61 Å². The molecule has 1 N–H and O–H groups in total. The number of unbranched alkanes of at least 4 members (excludes halogenated alkanes) is 1. The fraction of sp³-hybridized carbons (Fsp3) is 0.538. The molecule has 0 aliphatic carbocycles. The molecule has 0 saturated heterocycles. The number of hydrogen-bond acceptors (Lipinski definition) is 2. The van der Waals surface area contributed by atoms with Gasteiger partial charge in [-0.15, -0.1) is 0 Å². The van der Waals surface area contributed by atoms with Crippen LogP contribution in [0.3, 0.4) is 0 Å². The van der Waals surface area contributed by atoms with Crippen LogP contribution in [-0.4, -0.2) is 18.8 Å². The van der Waals surface area contributed by atoms with E-state index in [1.807, 2.05) is 6.07 Å². The van der Waals surface area contributed by atoms with Crippen molar-refractivity contribution in [3.05, 3.63) is 29.3 Å². The van der Waals surface area contributed by atoms with Gasteiger partial charge in [0.15, 0.2) is 0 Å². The van der Waals surface area contributed by atoms with Crippen LogP contribution in [0, 0.1) is 0 Å². The minimum atomic E-state index is 0.274. The molecule has 1 rings (SSSR count). The van der Waals surface area contributed by atoms with Crippen LogP contribution in [0.15, 0.2) is 18.2 Å². The molecule has 0 aromatic heterocycles. The molecule has 0 spiro atoms. The average Bonchev–Trinajstić information content (AvgIpc) is 2.29. The Morgan fingerprint density at radius 2 is 2.07 bits per heavy atom. The van der Waals surface area contributed by atoms with Crippen molar-refractivity contribution >= 4 is 0 Å². The van der Waals surface area contributed by atoms with Gasteiger partial charge in [-0.25, -0.2) is 0 Å². The molecular weight excluding hydrogens is 188 g/mol. The van der Waals surface area contributed by atoms with Crippen molar-refractivity contribution in [1.29, 1.82) is 0 Å². The summed E-state index contributed by atoms with van der Waals surface area (Å²) in [4.78, 5) is 0. The molecule has 84 valence electrons. The lowest BCUT2D eigenvalue weighted by atomic mass is 10.0. The van der Waals surface area contributed by atoms with E-state index in [-0.39, 0.29) is 6.61 Å². The molecular formula is C13H20O2. The molecule has 1 aromatic carbocycles. The van der Waals surface area contributed by atoms with E-state index in [1.165, 1.54) is 11.1 Å². The average molecular weight is 208 g/mol. The highest BCUT2D eigenvalue weighted by Gasteiger charge is 2.03. The molecule has 1 aromatic rings. The van der Waals surface area contributed by atoms with Gasteiger partial charge in [0.25, 0.3) is 0 Å². The smallest absolute Gasteiger partial charge is 0.122 e. The zero-order valence-corrected chi connectivity index (χ0v) is 9.62. The van der Waals surface area contributed by atoms with Crippen LogP contribution >= 0.6 is 0 Å². The van der Waals surface area contributed by atoms with Crippen molar-refractivity contribution in [3.8, 4) is 5.75 Å². The molecule has 0 aliphatic rings. The molecule has 0 unspecified atom stereocenters. The normalized spacial score (nSPS) is 10.3. The second kappa shape index (κ2) is 6.46. The third-order valence-corrected chi connectivity index (χ3v) is 2.61. The minimum Gasteiger partial charge on any atom is -0.496 e. The van der Waals surface area contributed by atoms with Gasteiger partial charge in [-0.1, -0.05) is 19.1 Å². The third kappa shape index (κ3) is 3.56. The Bertz CT molecular complexity index is 295. The largest absolute Gasteiger partial charge is 0.496 e. The number of aliphatic hydroxyl groups excluding tert-OH is 1.